The third-order valence-electron chi connectivity index (χ3n) is 7.16. The summed E-state index contributed by atoms with van der Waals surface area (Å²) >= 11 is 0. The van der Waals surface area contributed by atoms with Gasteiger partial charge < -0.3 is 10.6 Å². The molecule has 0 radical (unpaired) electrons. The Labute approximate surface area is 209 Å². The Kier molecular flexibility index (Phi) is 6.78. The topological polar surface area (TPSA) is 71.1 Å². The smallest absolute Gasteiger partial charge is 0.367 e. The molecule has 0 amide bonds. The number of fused-ring (bicyclic) bond motifs is 1. The van der Waals surface area contributed by atoms with Gasteiger partial charge in [-0.05, 0) is 91.2 Å². The van der Waals surface area contributed by atoms with E-state index in [0.29, 0.717) is 36.4 Å². The van der Waals surface area contributed by atoms with Crippen molar-refractivity contribution in [1.29, 1.82) is 0 Å². The molecule has 0 saturated heterocycles. The predicted octanol–water partition coefficient (Wildman–Crippen LogP) is 5.61. The molecule has 190 valence electrons. The van der Waals surface area contributed by atoms with Crippen LogP contribution in [0.15, 0.2) is 65.7 Å². The number of hydrogen-bond donors (Lipinski definition) is 2. The molecule has 1 aliphatic heterocycles. The van der Waals surface area contributed by atoms with Gasteiger partial charge in [0.15, 0.2) is 9.84 Å². The van der Waals surface area contributed by atoms with Gasteiger partial charge in [0, 0.05) is 18.8 Å². The molecule has 3 aromatic rings. The van der Waals surface area contributed by atoms with Crippen LogP contribution in [0.1, 0.15) is 42.4 Å². The van der Waals surface area contributed by atoms with Crippen LogP contribution >= 0.6 is 0 Å². The molecule has 2 heterocycles. The maximum Gasteiger partial charge on any atom is 0.417 e. The predicted molar refractivity (Wildman–Crippen MR) is 133 cm³/mol. The molecule has 0 spiro atoms. The molecule has 9 heteroatoms. The van der Waals surface area contributed by atoms with Gasteiger partial charge in [0.05, 0.1) is 15.7 Å². The number of rotatable bonds is 5. The Hall–Kier alpha value is -2.91. The van der Waals surface area contributed by atoms with Gasteiger partial charge in [-0.15, -0.1) is 0 Å². The summed E-state index contributed by atoms with van der Waals surface area (Å²) in [5.41, 5.74) is 3.91. The van der Waals surface area contributed by atoms with E-state index in [2.05, 4.69) is 33.8 Å². The molecular formula is C27H28F3N3O2S. The molecule has 5 rings (SSSR count). The fourth-order valence-corrected chi connectivity index (χ4v) is 6.86. The molecule has 1 fully saturated rings. The van der Waals surface area contributed by atoms with E-state index in [9.17, 15) is 21.6 Å². The molecule has 1 aromatic heterocycles. The molecule has 1 aliphatic carbocycles. The lowest BCUT2D eigenvalue weighted by molar-refractivity contribution is -0.137. The van der Waals surface area contributed by atoms with Crippen molar-refractivity contribution in [2.75, 3.05) is 11.9 Å². The monoisotopic (exact) mass is 515 g/mol. The van der Waals surface area contributed by atoms with Gasteiger partial charge in [-0.1, -0.05) is 24.3 Å². The highest BCUT2D eigenvalue weighted by Gasteiger charge is 2.33. The minimum absolute atomic E-state index is 0.0263. The van der Waals surface area contributed by atoms with E-state index in [0.717, 1.165) is 42.9 Å². The van der Waals surface area contributed by atoms with Crippen molar-refractivity contribution in [3.8, 4) is 11.1 Å². The van der Waals surface area contributed by atoms with E-state index in [1.165, 1.54) is 17.2 Å². The number of alkyl halides is 3. The summed E-state index contributed by atoms with van der Waals surface area (Å²) in [7, 11) is -3.47. The number of pyridine rings is 1. The standard InChI is InChI=1S/C27H28F3N3O2S/c28-27(29,30)22-5-12-26(32-17-22)33-23-6-10-25(11-7-23)36(34,35)24-8-3-18(4-9-24)20-2-1-19-13-14-31-16-21(19)15-20/h1-5,8-9,12,15,17,23,25,31H,6-7,10-11,13-14,16H2,(H,32,33)/t23-,25-. The van der Waals surface area contributed by atoms with Gasteiger partial charge in [0.2, 0.25) is 0 Å². The lowest BCUT2D eigenvalue weighted by atomic mass is 9.95. The van der Waals surface area contributed by atoms with Gasteiger partial charge in [-0.25, -0.2) is 13.4 Å². The Morgan fingerprint density at radius 3 is 2.28 bits per heavy atom. The van der Waals surface area contributed by atoms with Crippen molar-refractivity contribution in [2.24, 2.45) is 0 Å². The summed E-state index contributed by atoms with van der Waals surface area (Å²) in [5.74, 6) is 0.364. The molecule has 2 aliphatic rings. The second kappa shape index (κ2) is 9.86. The third kappa shape index (κ3) is 5.27. The van der Waals surface area contributed by atoms with Crippen LogP contribution in [0.2, 0.25) is 0 Å². The van der Waals surface area contributed by atoms with E-state index in [1.807, 2.05) is 12.1 Å². The maximum atomic E-state index is 13.3. The zero-order valence-corrected chi connectivity index (χ0v) is 20.5. The van der Waals surface area contributed by atoms with E-state index in [1.54, 1.807) is 12.1 Å². The van der Waals surface area contributed by atoms with Crippen molar-refractivity contribution in [2.45, 2.75) is 61.0 Å². The van der Waals surface area contributed by atoms with Crippen molar-refractivity contribution in [1.82, 2.24) is 10.3 Å². The molecule has 2 N–H and O–H groups in total. The number of anilines is 1. The molecule has 36 heavy (non-hydrogen) atoms. The average molecular weight is 516 g/mol. The summed E-state index contributed by atoms with van der Waals surface area (Å²) in [6, 6.07) is 15.8. The Balaban J connectivity index is 1.21. The molecule has 2 aromatic carbocycles. The molecule has 5 nitrogen and oxygen atoms in total. The fourth-order valence-electron chi connectivity index (χ4n) is 5.06. The zero-order valence-electron chi connectivity index (χ0n) is 19.7. The van der Waals surface area contributed by atoms with Crippen molar-refractivity contribution < 1.29 is 21.6 Å². The Morgan fingerprint density at radius 2 is 1.61 bits per heavy atom. The van der Waals surface area contributed by atoms with E-state index >= 15 is 0 Å². The van der Waals surface area contributed by atoms with Crippen LogP contribution in [-0.4, -0.2) is 31.2 Å². The first kappa shape index (κ1) is 24.8. The lowest BCUT2D eigenvalue weighted by Crippen LogP contribution is -2.33. The number of halogens is 3. The minimum atomic E-state index is -4.42. The number of hydrogen-bond acceptors (Lipinski definition) is 5. The second-order valence-corrected chi connectivity index (χ2v) is 11.8. The highest BCUT2D eigenvalue weighted by molar-refractivity contribution is 7.92. The molecule has 0 bridgehead atoms. The molecule has 1 saturated carbocycles. The van der Waals surface area contributed by atoms with Crippen molar-refractivity contribution in [3.05, 3.63) is 77.5 Å². The van der Waals surface area contributed by atoms with Gasteiger partial charge in [-0.2, -0.15) is 13.2 Å². The number of nitrogens with one attached hydrogen (secondary N) is 2. The SMILES string of the molecule is O=S(=O)(c1ccc(-c2ccc3c(c2)CNCC3)cc1)[C@H]1CC[C@H](Nc2ccc(C(F)(F)F)cn2)CC1. The van der Waals surface area contributed by atoms with Crippen molar-refractivity contribution >= 4 is 15.7 Å². The first-order valence-corrected chi connectivity index (χ1v) is 13.7. The molecule has 0 unspecified atom stereocenters. The van der Waals surface area contributed by atoms with Gasteiger partial charge >= 0.3 is 6.18 Å². The van der Waals surface area contributed by atoms with E-state index < -0.39 is 26.8 Å². The van der Waals surface area contributed by atoms with E-state index in [-0.39, 0.29) is 6.04 Å². The zero-order chi connectivity index (χ0) is 25.3. The normalized spacial score (nSPS) is 20.5. The number of benzene rings is 2. The first-order valence-electron chi connectivity index (χ1n) is 12.2. The van der Waals surface area contributed by atoms with E-state index in [4.69, 9.17) is 0 Å². The van der Waals surface area contributed by atoms with Crippen LogP contribution < -0.4 is 10.6 Å². The van der Waals surface area contributed by atoms with Crippen LogP contribution in [0.25, 0.3) is 11.1 Å². The number of nitrogens with zero attached hydrogens (tertiary/aromatic N) is 1. The highest BCUT2D eigenvalue weighted by Crippen LogP contribution is 2.33. The van der Waals surface area contributed by atoms with Crippen LogP contribution in [0.4, 0.5) is 19.0 Å². The summed E-state index contributed by atoms with van der Waals surface area (Å²) < 4.78 is 64.7. The lowest BCUT2D eigenvalue weighted by Gasteiger charge is -2.29. The van der Waals surface area contributed by atoms with Crippen molar-refractivity contribution in [3.63, 3.8) is 0 Å². The van der Waals surface area contributed by atoms with Crippen LogP contribution in [0.5, 0.6) is 0 Å². The largest absolute Gasteiger partial charge is 0.417 e. The quantitative estimate of drug-likeness (QED) is 0.462. The summed E-state index contributed by atoms with van der Waals surface area (Å²) in [6.45, 7) is 1.84. The number of aromatic nitrogens is 1. The highest BCUT2D eigenvalue weighted by atomic mass is 32.2. The third-order valence-corrected chi connectivity index (χ3v) is 9.44. The minimum Gasteiger partial charge on any atom is -0.367 e. The van der Waals surface area contributed by atoms with Crippen LogP contribution in [-0.2, 0) is 29.0 Å². The van der Waals surface area contributed by atoms with Crippen LogP contribution in [0, 0.1) is 0 Å². The Bertz CT molecular complexity index is 1320. The van der Waals surface area contributed by atoms with Crippen LogP contribution in [0.3, 0.4) is 0 Å². The maximum absolute atomic E-state index is 13.3. The summed E-state index contributed by atoms with van der Waals surface area (Å²) in [5, 5.41) is 6.05. The van der Waals surface area contributed by atoms with Gasteiger partial charge in [0.25, 0.3) is 0 Å². The fraction of sp³-hybridized carbons (Fsp3) is 0.370. The number of sulfone groups is 1. The van der Waals surface area contributed by atoms with Gasteiger partial charge in [0.1, 0.15) is 5.82 Å². The summed E-state index contributed by atoms with van der Waals surface area (Å²) in [6.07, 6.45) is -0.412. The molecular weight excluding hydrogens is 487 g/mol. The summed E-state index contributed by atoms with van der Waals surface area (Å²) in [4.78, 5) is 4.18. The average Bonchev–Trinajstić information content (AvgIpc) is 2.88. The molecule has 0 atom stereocenters. The first-order chi connectivity index (χ1) is 17.2. The second-order valence-electron chi connectivity index (χ2n) is 9.53. The van der Waals surface area contributed by atoms with Gasteiger partial charge in [-0.3, -0.25) is 0 Å². The Morgan fingerprint density at radius 1 is 0.889 bits per heavy atom.